The first-order valence-corrected chi connectivity index (χ1v) is 23.6. The Kier molecular flexibility index (Phi) is 8.89. The van der Waals surface area contributed by atoms with Gasteiger partial charge in [0, 0.05) is 0 Å². The first kappa shape index (κ1) is 40.2. The number of fused-ring (bicyclic) bond motifs is 6. The maximum absolute atomic E-state index is 5.02. The van der Waals surface area contributed by atoms with Crippen LogP contribution in [0, 0.1) is 50.2 Å². The summed E-state index contributed by atoms with van der Waals surface area (Å²) in [6.45, 7) is 36.3. The van der Waals surface area contributed by atoms with E-state index in [1.807, 2.05) is 0 Å². The zero-order chi connectivity index (χ0) is 42.4. The van der Waals surface area contributed by atoms with Crippen molar-refractivity contribution in [1.29, 1.82) is 0 Å². The SMILES string of the molecule is C=C1CC(=C2CC3CCC2(C)C3(C)C)C=CC1Nc1nc(NC2C=CC(=C3CC4CCC3(C)C4(C)C)CC2=C)nc(NC2C=CC(=C3CC4CCC3(C)C4(C)C)CC2=C)n1. The summed E-state index contributed by atoms with van der Waals surface area (Å²) in [5, 5.41) is 11.0. The lowest BCUT2D eigenvalue weighted by molar-refractivity contribution is 0.178. The molecule has 1 aromatic rings. The van der Waals surface area contributed by atoms with Gasteiger partial charge >= 0.3 is 0 Å². The molecule has 6 nitrogen and oxygen atoms in total. The molecule has 0 aliphatic heterocycles. The van der Waals surface area contributed by atoms with Crippen molar-refractivity contribution in [2.45, 2.75) is 157 Å². The predicted octanol–water partition coefficient (Wildman–Crippen LogP) is 13.2. The Balaban J connectivity index is 0.924. The van der Waals surface area contributed by atoms with Gasteiger partial charge in [-0.05, 0) is 161 Å². The van der Waals surface area contributed by atoms with Crippen LogP contribution < -0.4 is 16.0 Å². The predicted molar refractivity (Wildman–Crippen MR) is 250 cm³/mol. The van der Waals surface area contributed by atoms with Gasteiger partial charge in [0.1, 0.15) is 0 Å². The molecule has 318 valence electrons. The van der Waals surface area contributed by atoms with Gasteiger partial charge in [-0.2, -0.15) is 15.0 Å². The first-order chi connectivity index (χ1) is 28.2. The van der Waals surface area contributed by atoms with Gasteiger partial charge in [0.15, 0.2) is 0 Å². The smallest absolute Gasteiger partial charge is 0.230 e. The van der Waals surface area contributed by atoms with Crippen molar-refractivity contribution in [3.8, 4) is 0 Å². The monoisotopic (exact) mass is 805 g/mol. The fourth-order valence-electron chi connectivity index (χ4n) is 14.7. The van der Waals surface area contributed by atoms with Crippen LogP contribution in [-0.4, -0.2) is 33.1 Å². The van der Waals surface area contributed by atoms with Crippen molar-refractivity contribution < 1.29 is 0 Å². The number of anilines is 3. The second-order valence-electron chi connectivity index (χ2n) is 23.2. The Morgan fingerprint density at radius 3 is 0.917 bits per heavy atom. The number of hydrogen-bond acceptors (Lipinski definition) is 6. The third kappa shape index (κ3) is 5.66. The van der Waals surface area contributed by atoms with Crippen molar-refractivity contribution >= 4 is 17.8 Å². The van der Waals surface area contributed by atoms with Crippen molar-refractivity contribution in [3.05, 3.63) is 106 Å². The number of allylic oxidation sites excluding steroid dienone is 9. The van der Waals surface area contributed by atoms with E-state index in [2.05, 4.69) is 134 Å². The zero-order valence-electron chi connectivity index (χ0n) is 38.4. The second kappa shape index (κ2) is 13.3. The normalized spacial score (nSPS) is 42.9. The summed E-state index contributed by atoms with van der Waals surface area (Å²) in [4.78, 5) is 15.1. The standard InChI is InChI=1S/C54H72N6/c1-31-25-34(40-28-37-19-22-52(40,10)49(37,4)5)13-16-43(31)55-46-58-47(56-44-17-14-35(26-32(44)2)41-29-38-20-23-53(41,11)50(38,6)7)60-48(59-46)57-45-18-15-36(27-33(45)3)42-30-39-21-24-54(42,12)51(39,8)9/h13-18,37-39,43-45H,1-3,19-30H2,4-12H3,(H3,55,56,57,58,59,60). The molecule has 9 unspecified atom stereocenters. The molecular formula is C54H72N6. The number of nitrogens with zero attached hydrogens (tertiary/aromatic N) is 3. The highest BCUT2D eigenvalue weighted by Gasteiger charge is 2.61. The number of aromatic nitrogens is 3. The van der Waals surface area contributed by atoms with Gasteiger partial charge in [0.25, 0.3) is 0 Å². The summed E-state index contributed by atoms with van der Waals surface area (Å²) in [5.74, 6) is 3.94. The molecule has 10 rings (SSSR count). The molecule has 9 atom stereocenters. The van der Waals surface area contributed by atoms with Crippen LogP contribution in [0.3, 0.4) is 0 Å². The minimum atomic E-state index is -0.0750. The fraction of sp³-hybridized carbons (Fsp3) is 0.611. The van der Waals surface area contributed by atoms with Crippen LogP contribution in [0.15, 0.2) is 106 Å². The molecule has 0 aromatic carbocycles. The molecule has 0 amide bonds. The minimum Gasteiger partial charge on any atom is -0.344 e. The van der Waals surface area contributed by atoms with E-state index in [1.54, 1.807) is 16.7 Å². The fourth-order valence-corrected chi connectivity index (χ4v) is 14.7. The average Bonchev–Trinajstić information content (AvgIpc) is 3.85. The molecule has 6 heteroatoms. The molecule has 1 aromatic heterocycles. The van der Waals surface area contributed by atoms with E-state index in [4.69, 9.17) is 15.0 Å². The highest BCUT2D eigenvalue weighted by atomic mass is 15.3. The lowest BCUT2D eigenvalue weighted by atomic mass is 9.67. The van der Waals surface area contributed by atoms with Crippen LogP contribution in [-0.2, 0) is 0 Å². The molecule has 1 heterocycles. The Morgan fingerprint density at radius 1 is 0.450 bits per heavy atom. The maximum atomic E-state index is 5.02. The van der Waals surface area contributed by atoms with Crippen molar-refractivity contribution in [2.24, 2.45) is 50.2 Å². The summed E-state index contributed by atoms with van der Waals surface area (Å²) in [7, 11) is 0. The van der Waals surface area contributed by atoms with Crippen LogP contribution in [0.25, 0.3) is 0 Å². The van der Waals surface area contributed by atoms with Gasteiger partial charge in [-0.25, -0.2) is 0 Å². The molecule has 3 N–H and O–H groups in total. The molecule has 9 aliphatic rings. The molecule has 6 saturated carbocycles. The topological polar surface area (TPSA) is 74.8 Å². The maximum Gasteiger partial charge on any atom is 0.230 e. The van der Waals surface area contributed by atoms with Crippen LogP contribution in [0.2, 0.25) is 0 Å². The van der Waals surface area contributed by atoms with E-state index < -0.39 is 0 Å². The van der Waals surface area contributed by atoms with E-state index in [0.29, 0.717) is 34.1 Å². The van der Waals surface area contributed by atoms with Crippen LogP contribution in [0.1, 0.15) is 139 Å². The summed E-state index contributed by atoms with van der Waals surface area (Å²) in [6, 6.07) is -0.225. The van der Waals surface area contributed by atoms with Crippen LogP contribution in [0.5, 0.6) is 0 Å². The summed E-state index contributed by atoms with van der Waals surface area (Å²) in [5.41, 5.74) is 14.7. The van der Waals surface area contributed by atoms with Gasteiger partial charge in [-0.15, -0.1) is 0 Å². The summed E-state index contributed by atoms with van der Waals surface area (Å²) < 4.78 is 0. The van der Waals surface area contributed by atoms with Crippen molar-refractivity contribution in [1.82, 2.24) is 15.0 Å². The molecule has 0 spiro atoms. The lowest BCUT2D eigenvalue weighted by Gasteiger charge is -2.37. The Morgan fingerprint density at radius 2 is 0.717 bits per heavy atom. The molecule has 9 aliphatic carbocycles. The number of rotatable bonds is 6. The van der Waals surface area contributed by atoms with E-state index in [1.165, 1.54) is 74.5 Å². The molecule has 0 saturated heterocycles. The zero-order valence-corrected chi connectivity index (χ0v) is 38.4. The number of nitrogens with one attached hydrogen (secondary N) is 3. The molecular weight excluding hydrogens is 733 g/mol. The molecule has 60 heavy (non-hydrogen) atoms. The quantitative estimate of drug-likeness (QED) is 0.249. The van der Waals surface area contributed by atoms with Crippen molar-refractivity contribution in [3.63, 3.8) is 0 Å². The minimum absolute atomic E-state index is 0.0750. The van der Waals surface area contributed by atoms with Gasteiger partial charge in [0.2, 0.25) is 17.8 Å². The highest BCUT2D eigenvalue weighted by molar-refractivity contribution is 5.54. The second-order valence-corrected chi connectivity index (χ2v) is 23.2. The first-order valence-electron chi connectivity index (χ1n) is 23.6. The van der Waals surface area contributed by atoms with E-state index >= 15 is 0 Å². The van der Waals surface area contributed by atoms with E-state index in [0.717, 1.165) is 53.7 Å². The van der Waals surface area contributed by atoms with Gasteiger partial charge in [-0.3, -0.25) is 0 Å². The van der Waals surface area contributed by atoms with E-state index in [-0.39, 0.29) is 34.4 Å². The third-order valence-corrected chi connectivity index (χ3v) is 20.4. The van der Waals surface area contributed by atoms with Gasteiger partial charge in [-0.1, -0.05) is 135 Å². The Labute approximate surface area is 361 Å². The van der Waals surface area contributed by atoms with E-state index in [9.17, 15) is 0 Å². The molecule has 0 radical (unpaired) electrons. The van der Waals surface area contributed by atoms with Crippen LogP contribution in [0.4, 0.5) is 17.8 Å². The summed E-state index contributed by atoms with van der Waals surface area (Å²) in [6.07, 6.45) is 28.2. The molecule has 6 bridgehead atoms. The third-order valence-electron chi connectivity index (χ3n) is 20.4. The lowest BCUT2D eigenvalue weighted by Crippen LogP contribution is -2.30. The summed E-state index contributed by atoms with van der Waals surface area (Å²) >= 11 is 0. The largest absolute Gasteiger partial charge is 0.344 e. The number of hydrogen-bond donors (Lipinski definition) is 3. The van der Waals surface area contributed by atoms with Crippen molar-refractivity contribution in [2.75, 3.05) is 16.0 Å². The average molecular weight is 805 g/mol. The van der Waals surface area contributed by atoms with Gasteiger partial charge in [0.05, 0.1) is 18.1 Å². The molecule has 6 fully saturated rings. The Bertz CT molecular complexity index is 2020. The van der Waals surface area contributed by atoms with Gasteiger partial charge < -0.3 is 16.0 Å². The van der Waals surface area contributed by atoms with Crippen LogP contribution >= 0.6 is 0 Å². The highest BCUT2D eigenvalue weighted by Crippen LogP contribution is 2.71. The Hall–Kier alpha value is -3.93.